The van der Waals surface area contributed by atoms with E-state index >= 15 is 0 Å². The van der Waals surface area contributed by atoms with Gasteiger partial charge in [-0.25, -0.2) is 9.78 Å². The Morgan fingerprint density at radius 1 is 1.33 bits per heavy atom. The molecule has 0 spiro atoms. The van der Waals surface area contributed by atoms with Crippen LogP contribution in [0.2, 0.25) is 0 Å². The second-order valence-corrected chi connectivity index (χ2v) is 7.81. The van der Waals surface area contributed by atoms with Gasteiger partial charge in [0, 0.05) is 17.8 Å². The van der Waals surface area contributed by atoms with Gasteiger partial charge in [-0.15, -0.1) is 21.5 Å². The maximum absolute atomic E-state index is 12.3. The molecule has 3 rings (SSSR count). The predicted molar refractivity (Wildman–Crippen MR) is 92.9 cm³/mol. The van der Waals surface area contributed by atoms with E-state index in [9.17, 15) is 4.79 Å². The Balaban J connectivity index is 1.65. The number of carbonyl (C=O) groups is 1. The second-order valence-electron chi connectivity index (χ2n) is 6.52. The van der Waals surface area contributed by atoms with E-state index in [0.717, 1.165) is 46.6 Å². The Bertz CT molecular complexity index is 735. The third-order valence-electron chi connectivity index (χ3n) is 4.28. The molecular formula is C16H24N6OS. The van der Waals surface area contributed by atoms with Crippen LogP contribution >= 0.6 is 11.3 Å². The molecule has 0 saturated heterocycles. The van der Waals surface area contributed by atoms with E-state index < -0.39 is 0 Å². The van der Waals surface area contributed by atoms with Crippen molar-refractivity contribution in [1.82, 2.24) is 30.4 Å². The van der Waals surface area contributed by atoms with Gasteiger partial charge in [-0.1, -0.05) is 13.8 Å². The van der Waals surface area contributed by atoms with Crippen molar-refractivity contribution in [2.24, 2.45) is 5.92 Å². The monoisotopic (exact) mass is 348 g/mol. The fourth-order valence-electron chi connectivity index (χ4n) is 3.02. The Kier molecular flexibility index (Phi) is 4.84. The van der Waals surface area contributed by atoms with Crippen LogP contribution in [-0.2, 0) is 19.5 Å². The fourth-order valence-corrected chi connectivity index (χ4v) is 3.90. The minimum absolute atomic E-state index is 0.145. The maximum atomic E-state index is 12.3. The second kappa shape index (κ2) is 6.88. The topological polar surface area (TPSA) is 84.7 Å². The van der Waals surface area contributed by atoms with Crippen molar-refractivity contribution in [3.63, 3.8) is 0 Å². The molecule has 3 heterocycles. The van der Waals surface area contributed by atoms with Gasteiger partial charge in [0.2, 0.25) is 0 Å². The Morgan fingerprint density at radius 2 is 2.12 bits per heavy atom. The highest BCUT2D eigenvalue weighted by Crippen LogP contribution is 2.24. The van der Waals surface area contributed by atoms with Gasteiger partial charge in [0.15, 0.2) is 5.82 Å². The number of urea groups is 1. The zero-order valence-electron chi connectivity index (χ0n) is 14.6. The summed E-state index contributed by atoms with van der Waals surface area (Å²) >= 11 is 1.62. The van der Waals surface area contributed by atoms with Gasteiger partial charge in [-0.05, 0) is 26.2 Å². The lowest BCUT2D eigenvalue weighted by Crippen LogP contribution is -2.40. The normalized spacial score (nSPS) is 14.7. The van der Waals surface area contributed by atoms with Crippen LogP contribution in [0, 0.1) is 19.8 Å². The van der Waals surface area contributed by atoms with Crippen molar-refractivity contribution >= 4 is 17.4 Å². The van der Waals surface area contributed by atoms with Gasteiger partial charge < -0.3 is 15.2 Å². The molecule has 0 aliphatic carbocycles. The van der Waals surface area contributed by atoms with Gasteiger partial charge in [0.1, 0.15) is 5.82 Å². The summed E-state index contributed by atoms with van der Waals surface area (Å²) in [7, 11) is 0. The molecule has 0 fully saturated rings. The predicted octanol–water partition coefficient (Wildman–Crippen LogP) is 2.49. The van der Waals surface area contributed by atoms with Gasteiger partial charge in [-0.3, -0.25) is 0 Å². The number of fused-ring (bicyclic) bond motifs is 1. The summed E-state index contributed by atoms with van der Waals surface area (Å²) in [6, 6.07) is -0.330. The van der Waals surface area contributed by atoms with E-state index in [-0.39, 0.29) is 18.0 Å². The third-order valence-corrected chi connectivity index (χ3v) is 5.35. The van der Waals surface area contributed by atoms with E-state index in [2.05, 4.69) is 44.2 Å². The lowest BCUT2D eigenvalue weighted by atomic mass is 10.0. The summed E-state index contributed by atoms with van der Waals surface area (Å²) in [5.74, 6) is 2.11. The molecule has 2 aromatic rings. The highest BCUT2D eigenvalue weighted by atomic mass is 32.1. The minimum atomic E-state index is -0.186. The molecule has 130 valence electrons. The molecule has 24 heavy (non-hydrogen) atoms. The van der Waals surface area contributed by atoms with E-state index in [1.165, 1.54) is 0 Å². The van der Waals surface area contributed by atoms with Crippen LogP contribution in [0.25, 0.3) is 0 Å². The maximum Gasteiger partial charge on any atom is 0.315 e. The van der Waals surface area contributed by atoms with Crippen molar-refractivity contribution in [3.8, 4) is 0 Å². The molecule has 2 aromatic heterocycles. The summed E-state index contributed by atoms with van der Waals surface area (Å²) < 4.78 is 2.14. The lowest BCUT2D eigenvalue weighted by Gasteiger charge is -2.22. The number of thiazole rings is 1. The van der Waals surface area contributed by atoms with E-state index in [4.69, 9.17) is 0 Å². The highest BCUT2D eigenvalue weighted by Gasteiger charge is 2.27. The first-order valence-electron chi connectivity index (χ1n) is 8.35. The molecule has 0 aromatic carbocycles. The van der Waals surface area contributed by atoms with Crippen LogP contribution in [0.3, 0.4) is 0 Å². The standard InChI is InChI=1S/C16H24N6OS/c1-9(2)14(15-21-20-13-6-5-7-22(13)15)19-16(23)17-8-12-10(3)18-11(4)24-12/h9,14H,5-8H2,1-4H3,(H2,17,19,23)/t14-/m0/s1. The molecule has 0 bridgehead atoms. The number of aromatic nitrogens is 4. The minimum Gasteiger partial charge on any atom is -0.333 e. The molecular weight excluding hydrogens is 324 g/mol. The SMILES string of the molecule is Cc1nc(C)c(CNC(=O)N[C@H](c2nnc3n2CCC3)C(C)C)s1. The molecule has 1 aliphatic heterocycles. The number of carbonyl (C=O) groups excluding carboxylic acids is 1. The number of nitrogens with one attached hydrogen (secondary N) is 2. The zero-order chi connectivity index (χ0) is 17.3. The Hall–Kier alpha value is -1.96. The number of amides is 2. The average molecular weight is 348 g/mol. The molecule has 8 heteroatoms. The quantitative estimate of drug-likeness (QED) is 0.869. The summed E-state index contributed by atoms with van der Waals surface area (Å²) in [6.07, 6.45) is 2.06. The lowest BCUT2D eigenvalue weighted by molar-refractivity contribution is 0.231. The fraction of sp³-hybridized carbons (Fsp3) is 0.625. The number of hydrogen-bond acceptors (Lipinski definition) is 5. The zero-order valence-corrected chi connectivity index (χ0v) is 15.4. The first-order chi connectivity index (χ1) is 11.5. The van der Waals surface area contributed by atoms with Gasteiger partial charge in [-0.2, -0.15) is 0 Å². The first kappa shape index (κ1) is 16.9. The number of nitrogens with zero attached hydrogens (tertiary/aromatic N) is 4. The number of hydrogen-bond donors (Lipinski definition) is 2. The molecule has 2 amide bonds. The molecule has 1 aliphatic rings. The van der Waals surface area contributed by atoms with Crippen molar-refractivity contribution in [3.05, 3.63) is 27.2 Å². The summed E-state index contributed by atoms with van der Waals surface area (Å²) in [5.41, 5.74) is 0.980. The molecule has 2 N–H and O–H groups in total. The van der Waals surface area contributed by atoms with Crippen LogP contribution in [0.15, 0.2) is 0 Å². The van der Waals surface area contributed by atoms with E-state index in [0.29, 0.717) is 6.54 Å². The average Bonchev–Trinajstić information content (AvgIpc) is 3.18. The van der Waals surface area contributed by atoms with Crippen molar-refractivity contribution in [1.29, 1.82) is 0 Å². The molecule has 0 radical (unpaired) electrons. The van der Waals surface area contributed by atoms with Crippen molar-refractivity contribution in [2.45, 2.75) is 59.7 Å². The summed E-state index contributed by atoms with van der Waals surface area (Å²) in [6.45, 7) is 9.53. The Labute approximate surface area is 145 Å². The highest BCUT2D eigenvalue weighted by molar-refractivity contribution is 7.11. The molecule has 0 unspecified atom stereocenters. The smallest absolute Gasteiger partial charge is 0.315 e. The van der Waals surface area contributed by atoms with Crippen LogP contribution in [-0.4, -0.2) is 25.8 Å². The van der Waals surface area contributed by atoms with Gasteiger partial charge >= 0.3 is 6.03 Å². The number of aryl methyl sites for hydroxylation is 3. The summed E-state index contributed by atoms with van der Waals surface area (Å²) in [4.78, 5) is 17.8. The van der Waals surface area contributed by atoms with Crippen LogP contribution in [0.1, 0.15) is 53.5 Å². The van der Waals surface area contributed by atoms with Gasteiger partial charge in [0.25, 0.3) is 0 Å². The molecule has 1 atom stereocenters. The van der Waals surface area contributed by atoms with E-state index in [1.807, 2.05) is 13.8 Å². The largest absolute Gasteiger partial charge is 0.333 e. The van der Waals surface area contributed by atoms with E-state index in [1.54, 1.807) is 11.3 Å². The molecule has 7 nitrogen and oxygen atoms in total. The van der Waals surface area contributed by atoms with Gasteiger partial charge in [0.05, 0.1) is 23.3 Å². The summed E-state index contributed by atoms with van der Waals surface area (Å²) in [5, 5.41) is 15.6. The van der Waals surface area contributed by atoms with Crippen molar-refractivity contribution < 1.29 is 4.79 Å². The third kappa shape index (κ3) is 3.43. The van der Waals surface area contributed by atoms with Crippen LogP contribution < -0.4 is 10.6 Å². The first-order valence-corrected chi connectivity index (χ1v) is 9.16. The van der Waals surface area contributed by atoms with Crippen LogP contribution in [0.5, 0.6) is 0 Å². The number of rotatable bonds is 5. The van der Waals surface area contributed by atoms with Crippen LogP contribution in [0.4, 0.5) is 4.79 Å². The van der Waals surface area contributed by atoms with Crippen molar-refractivity contribution in [2.75, 3.05) is 0 Å². The molecule has 0 saturated carbocycles. The Morgan fingerprint density at radius 3 is 2.79 bits per heavy atom.